The molecule has 92 valence electrons. The highest BCUT2D eigenvalue weighted by Gasteiger charge is 2.14. The molecule has 0 aliphatic heterocycles. The third-order valence-corrected chi connectivity index (χ3v) is 3.50. The molecule has 0 radical (unpaired) electrons. The number of hydrogen-bond acceptors (Lipinski definition) is 2. The van der Waals surface area contributed by atoms with Gasteiger partial charge in [-0.2, -0.15) is 0 Å². The number of para-hydroxylation sites is 1. The predicted molar refractivity (Wildman–Crippen MR) is 75.3 cm³/mol. The quantitative estimate of drug-likeness (QED) is 0.912. The van der Waals surface area contributed by atoms with E-state index in [2.05, 4.69) is 54.2 Å². The molecule has 3 heteroatoms. The van der Waals surface area contributed by atoms with Crippen LogP contribution in [-0.2, 0) is 13.0 Å². The highest BCUT2D eigenvalue weighted by Crippen LogP contribution is 2.31. The predicted octanol–water partition coefficient (Wildman–Crippen LogP) is 4.26. The van der Waals surface area contributed by atoms with Crippen LogP contribution in [0.25, 0.3) is 11.0 Å². The van der Waals surface area contributed by atoms with Gasteiger partial charge in [0.15, 0.2) is 0 Å². The summed E-state index contributed by atoms with van der Waals surface area (Å²) in [4.78, 5) is 0. The average Bonchev–Trinajstić information content (AvgIpc) is 2.65. The Hall–Kier alpha value is -0.800. The lowest BCUT2D eigenvalue weighted by Crippen LogP contribution is -2.22. The molecule has 2 rings (SSSR count). The van der Waals surface area contributed by atoms with Crippen LogP contribution in [0.5, 0.6) is 0 Å². The summed E-state index contributed by atoms with van der Waals surface area (Å²) in [6.45, 7) is 7.25. The molecular formula is C14H18BrNO. The molecule has 1 aromatic carbocycles. The standard InChI is InChI=1S/C14H18BrNO/c1-4-10-11-6-5-7-12(15)14(11)17-13(10)8-16-9(2)3/h5-7,9,16H,4,8H2,1-3H3. The van der Waals surface area contributed by atoms with E-state index in [-0.39, 0.29) is 0 Å². The topological polar surface area (TPSA) is 25.2 Å². The number of benzene rings is 1. The minimum Gasteiger partial charge on any atom is -0.458 e. The molecule has 0 fully saturated rings. The summed E-state index contributed by atoms with van der Waals surface area (Å²) >= 11 is 3.54. The minimum absolute atomic E-state index is 0.469. The Kier molecular flexibility index (Phi) is 3.89. The maximum atomic E-state index is 5.96. The monoisotopic (exact) mass is 295 g/mol. The normalized spacial score (nSPS) is 11.6. The van der Waals surface area contributed by atoms with Gasteiger partial charge in [0.1, 0.15) is 11.3 Å². The lowest BCUT2D eigenvalue weighted by Gasteiger charge is -2.06. The third-order valence-electron chi connectivity index (χ3n) is 2.88. The van der Waals surface area contributed by atoms with Gasteiger partial charge in [-0.05, 0) is 28.4 Å². The zero-order chi connectivity index (χ0) is 12.4. The summed E-state index contributed by atoms with van der Waals surface area (Å²) < 4.78 is 6.99. The Morgan fingerprint density at radius 3 is 2.76 bits per heavy atom. The Labute approximate surface area is 111 Å². The van der Waals surface area contributed by atoms with Gasteiger partial charge in [0.25, 0.3) is 0 Å². The van der Waals surface area contributed by atoms with Crippen molar-refractivity contribution in [3.63, 3.8) is 0 Å². The third kappa shape index (κ3) is 2.55. The second-order valence-corrected chi connectivity index (χ2v) is 5.36. The first-order valence-electron chi connectivity index (χ1n) is 6.05. The molecule has 17 heavy (non-hydrogen) atoms. The molecule has 0 aliphatic rings. The van der Waals surface area contributed by atoms with Crippen LogP contribution in [0.1, 0.15) is 32.1 Å². The van der Waals surface area contributed by atoms with Gasteiger partial charge in [0.2, 0.25) is 0 Å². The number of hydrogen-bond donors (Lipinski definition) is 1. The molecule has 0 saturated heterocycles. The molecular weight excluding hydrogens is 278 g/mol. The molecule has 2 nitrogen and oxygen atoms in total. The maximum absolute atomic E-state index is 5.96. The van der Waals surface area contributed by atoms with Crippen molar-refractivity contribution in [2.24, 2.45) is 0 Å². The Balaban J connectivity index is 2.44. The van der Waals surface area contributed by atoms with Gasteiger partial charge < -0.3 is 9.73 Å². The second kappa shape index (κ2) is 5.23. The van der Waals surface area contributed by atoms with Crippen LogP contribution >= 0.6 is 15.9 Å². The summed E-state index contributed by atoms with van der Waals surface area (Å²) in [5.41, 5.74) is 2.28. The lowest BCUT2D eigenvalue weighted by atomic mass is 10.1. The summed E-state index contributed by atoms with van der Waals surface area (Å²) in [5, 5.41) is 4.63. The SMILES string of the molecule is CCc1c(CNC(C)C)oc2c(Br)cccc12. The fourth-order valence-electron chi connectivity index (χ4n) is 2.01. The van der Waals surface area contributed by atoms with Gasteiger partial charge in [0.05, 0.1) is 11.0 Å². The van der Waals surface area contributed by atoms with Gasteiger partial charge in [-0.25, -0.2) is 0 Å². The van der Waals surface area contributed by atoms with E-state index >= 15 is 0 Å². The Morgan fingerprint density at radius 1 is 1.35 bits per heavy atom. The van der Waals surface area contributed by atoms with Crippen molar-refractivity contribution < 1.29 is 4.42 Å². The van der Waals surface area contributed by atoms with Crippen molar-refractivity contribution in [1.82, 2.24) is 5.32 Å². The number of nitrogens with one attached hydrogen (secondary N) is 1. The van der Waals surface area contributed by atoms with Crippen molar-refractivity contribution >= 4 is 26.9 Å². The zero-order valence-electron chi connectivity index (χ0n) is 10.5. The van der Waals surface area contributed by atoms with E-state index in [0.29, 0.717) is 6.04 Å². The van der Waals surface area contributed by atoms with Gasteiger partial charge in [-0.3, -0.25) is 0 Å². The Morgan fingerprint density at radius 2 is 2.12 bits per heavy atom. The Bertz CT molecular complexity index is 516. The van der Waals surface area contributed by atoms with Gasteiger partial charge in [-0.1, -0.05) is 32.9 Å². The van der Waals surface area contributed by atoms with Crippen LogP contribution in [0.3, 0.4) is 0 Å². The molecule has 1 heterocycles. The van der Waals surface area contributed by atoms with Crippen molar-refractivity contribution in [3.8, 4) is 0 Å². The number of fused-ring (bicyclic) bond motifs is 1. The van der Waals surface area contributed by atoms with Crippen LogP contribution in [0.2, 0.25) is 0 Å². The first-order chi connectivity index (χ1) is 8.13. The maximum Gasteiger partial charge on any atom is 0.148 e. The first-order valence-corrected chi connectivity index (χ1v) is 6.85. The highest BCUT2D eigenvalue weighted by atomic mass is 79.9. The summed E-state index contributed by atoms with van der Waals surface area (Å²) in [7, 11) is 0. The van der Waals surface area contributed by atoms with Crippen LogP contribution in [0, 0.1) is 0 Å². The van der Waals surface area contributed by atoms with Gasteiger partial charge in [0, 0.05) is 17.0 Å². The van der Waals surface area contributed by atoms with Crippen LogP contribution in [0.4, 0.5) is 0 Å². The molecule has 1 aromatic heterocycles. The molecule has 0 spiro atoms. The van der Waals surface area contributed by atoms with E-state index < -0.39 is 0 Å². The van der Waals surface area contributed by atoms with E-state index in [1.165, 1.54) is 10.9 Å². The van der Waals surface area contributed by atoms with Gasteiger partial charge in [-0.15, -0.1) is 0 Å². The number of rotatable bonds is 4. The fourth-order valence-corrected chi connectivity index (χ4v) is 2.46. The minimum atomic E-state index is 0.469. The van der Waals surface area contributed by atoms with Crippen molar-refractivity contribution in [2.75, 3.05) is 0 Å². The van der Waals surface area contributed by atoms with E-state index in [1.807, 2.05) is 6.07 Å². The average molecular weight is 296 g/mol. The summed E-state index contributed by atoms with van der Waals surface area (Å²) in [6.07, 6.45) is 0.999. The molecule has 0 bridgehead atoms. The van der Waals surface area contributed by atoms with E-state index in [0.717, 1.165) is 28.8 Å². The molecule has 0 unspecified atom stereocenters. The second-order valence-electron chi connectivity index (χ2n) is 4.51. The van der Waals surface area contributed by atoms with Crippen molar-refractivity contribution in [1.29, 1.82) is 0 Å². The van der Waals surface area contributed by atoms with E-state index in [1.54, 1.807) is 0 Å². The van der Waals surface area contributed by atoms with E-state index in [9.17, 15) is 0 Å². The lowest BCUT2D eigenvalue weighted by molar-refractivity contribution is 0.483. The van der Waals surface area contributed by atoms with E-state index in [4.69, 9.17) is 4.42 Å². The number of aryl methyl sites for hydroxylation is 1. The fraction of sp³-hybridized carbons (Fsp3) is 0.429. The number of furan rings is 1. The van der Waals surface area contributed by atoms with Crippen molar-refractivity contribution in [3.05, 3.63) is 34.0 Å². The number of halogens is 1. The van der Waals surface area contributed by atoms with Crippen LogP contribution in [-0.4, -0.2) is 6.04 Å². The van der Waals surface area contributed by atoms with Crippen molar-refractivity contribution in [2.45, 2.75) is 39.8 Å². The summed E-state index contributed by atoms with van der Waals surface area (Å²) in [6, 6.07) is 6.67. The van der Waals surface area contributed by atoms with Gasteiger partial charge >= 0.3 is 0 Å². The zero-order valence-corrected chi connectivity index (χ0v) is 12.1. The van der Waals surface area contributed by atoms with Crippen LogP contribution < -0.4 is 5.32 Å². The first kappa shape index (κ1) is 12.7. The molecule has 0 atom stereocenters. The molecule has 0 aliphatic carbocycles. The highest BCUT2D eigenvalue weighted by molar-refractivity contribution is 9.10. The smallest absolute Gasteiger partial charge is 0.148 e. The summed E-state index contributed by atoms with van der Waals surface area (Å²) in [5.74, 6) is 1.06. The molecule has 0 amide bonds. The molecule has 2 aromatic rings. The largest absolute Gasteiger partial charge is 0.458 e. The molecule has 1 N–H and O–H groups in total. The molecule has 0 saturated carbocycles. The van der Waals surface area contributed by atoms with Crippen LogP contribution in [0.15, 0.2) is 27.1 Å².